The molecule has 0 saturated carbocycles. The fourth-order valence-corrected chi connectivity index (χ4v) is 2.72. The van der Waals surface area contributed by atoms with Gasteiger partial charge in [-0.25, -0.2) is 0 Å². The van der Waals surface area contributed by atoms with Gasteiger partial charge in [-0.2, -0.15) is 0 Å². The highest BCUT2D eigenvalue weighted by Gasteiger charge is 2.14. The van der Waals surface area contributed by atoms with Gasteiger partial charge in [0, 0.05) is 5.69 Å². The van der Waals surface area contributed by atoms with Gasteiger partial charge in [0.1, 0.15) is 0 Å². The quantitative estimate of drug-likeness (QED) is 0.683. The van der Waals surface area contributed by atoms with Crippen molar-refractivity contribution in [1.82, 2.24) is 0 Å². The number of hydrogen-bond donors (Lipinski definition) is 1. The summed E-state index contributed by atoms with van der Waals surface area (Å²) in [4.78, 5) is 0. The van der Waals surface area contributed by atoms with Crippen LogP contribution in [0.15, 0.2) is 42.5 Å². The van der Waals surface area contributed by atoms with Gasteiger partial charge in [0.05, 0.1) is 16.1 Å². The van der Waals surface area contributed by atoms with Crippen molar-refractivity contribution in [3.05, 3.63) is 63.6 Å². The number of anilines is 1. The molecule has 0 heterocycles. The zero-order valence-corrected chi connectivity index (χ0v) is 14.4. The van der Waals surface area contributed by atoms with E-state index in [1.807, 2.05) is 12.1 Å². The summed E-state index contributed by atoms with van der Waals surface area (Å²) in [5, 5.41) is 4.67. The van der Waals surface area contributed by atoms with Gasteiger partial charge in [-0.05, 0) is 41.7 Å². The summed E-state index contributed by atoms with van der Waals surface area (Å²) in [5.74, 6) is 0. The fraction of sp³-hybridized carbons (Fsp3) is 0.333. The fourth-order valence-electron chi connectivity index (χ4n) is 2.25. The topological polar surface area (TPSA) is 12.0 Å². The predicted octanol–water partition coefficient (Wildman–Crippen LogP) is 6.46. The van der Waals surface area contributed by atoms with Crippen LogP contribution in [0.5, 0.6) is 0 Å². The zero-order chi connectivity index (χ0) is 15.6. The molecule has 0 aliphatic rings. The summed E-state index contributed by atoms with van der Waals surface area (Å²) in [6, 6.07) is 14.4. The van der Waals surface area contributed by atoms with Crippen LogP contribution in [0.2, 0.25) is 10.0 Å². The van der Waals surface area contributed by atoms with Crippen molar-refractivity contribution >= 4 is 28.9 Å². The largest absolute Gasteiger partial charge is 0.378 e. The van der Waals surface area contributed by atoms with Gasteiger partial charge in [0.2, 0.25) is 0 Å². The van der Waals surface area contributed by atoms with Crippen LogP contribution in [0.1, 0.15) is 44.9 Å². The number of halogens is 2. The third-order valence-electron chi connectivity index (χ3n) is 3.58. The van der Waals surface area contributed by atoms with Crippen molar-refractivity contribution in [3.8, 4) is 0 Å². The minimum Gasteiger partial charge on any atom is -0.378 e. The van der Waals surface area contributed by atoms with E-state index in [0.717, 1.165) is 11.3 Å². The first-order valence-electron chi connectivity index (χ1n) is 7.10. The van der Waals surface area contributed by atoms with Crippen molar-refractivity contribution in [2.45, 2.75) is 39.2 Å². The summed E-state index contributed by atoms with van der Waals surface area (Å²) in [6.07, 6.45) is 0. The van der Waals surface area contributed by atoms with Gasteiger partial charge < -0.3 is 5.32 Å². The lowest BCUT2D eigenvalue weighted by molar-refractivity contribution is 0.590. The number of benzene rings is 2. The summed E-state index contributed by atoms with van der Waals surface area (Å²) in [5.41, 5.74) is 3.57. The van der Waals surface area contributed by atoms with Crippen LogP contribution in [0, 0.1) is 0 Å². The van der Waals surface area contributed by atoms with Crippen LogP contribution in [-0.2, 0) is 5.41 Å². The highest BCUT2D eigenvalue weighted by atomic mass is 35.5. The Morgan fingerprint density at radius 1 is 0.952 bits per heavy atom. The Kier molecular flexibility index (Phi) is 4.85. The minimum absolute atomic E-state index is 0.0942. The molecule has 1 unspecified atom stereocenters. The molecule has 0 bridgehead atoms. The van der Waals surface area contributed by atoms with Crippen LogP contribution in [0.3, 0.4) is 0 Å². The van der Waals surface area contributed by atoms with Gasteiger partial charge >= 0.3 is 0 Å². The molecule has 2 aromatic carbocycles. The Morgan fingerprint density at radius 3 is 2.14 bits per heavy atom. The maximum atomic E-state index is 6.27. The van der Waals surface area contributed by atoms with E-state index in [1.165, 1.54) is 5.56 Å². The normalized spacial score (nSPS) is 13.0. The van der Waals surface area contributed by atoms with Gasteiger partial charge in [-0.1, -0.05) is 68.2 Å². The molecule has 0 radical (unpaired) electrons. The molecular weight excluding hydrogens is 301 g/mol. The van der Waals surface area contributed by atoms with E-state index in [1.54, 1.807) is 6.07 Å². The first-order chi connectivity index (χ1) is 9.79. The maximum absolute atomic E-state index is 6.27. The lowest BCUT2D eigenvalue weighted by Gasteiger charge is -2.21. The third kappa shape index (κ3) is 3.93. The average molecular weight is 322 g/mol. The van der Waals surface area contributed by atoms with E-state index in [4.69, 9.17) is 23.2 Å². The van der Waals surface area contributed by atoms with E-state index in [0.29, 0.717) is 10.0 Å². The molecule has 1 atom stereocenters. The van der Waals surface area contributed by atoms with Gasteiger partial charge in [0.15, 0.2) is 0 Å². The van der Waals surface area contributed by atoms with E-state index in [-0.39, 0.29) is 11.5 Å². The van der Waals surface area contributed by atoms with Crippen LogP contribution >= 0.6 is 23.2 Å². The Bertz CT molecular complexity index is 612. The van der Waals surface area contributed by atoms with E-state index in [9.17, 15) is 0 Å². The van der Waals surface area contributed by atoms with Gasteiger partial charge in [-0.15, -0.1) is 0 Å². The molecule has 0 saturated heterocycles. The standard InChI is InChI=1S/C18H21Cl2N/c1-12(15-6-5-7-16(19)17(15)20)21-14-10-8-13(9-11-14)18(2,3)4/h5-12,21H,1-4H3. The molecule has 3 heteroatoms. The Balaban J connectivity index is 2.16. The van der Waals surface area contributed by atoms with Crippen molar-refractivity contribution in [2.75, 3.05) is 5.32 Å². The van der Waals surface area contributed by atoms with E-state index < -0.39 is 0 Å². The highest BCUT2D eigenvalue weighted by molar-refractivity contribution is 6.42. The predicted molar refractivity (Wildman–Crippen MR) is 93.6 cm³/mol. The molecule has 0 fully saturated rings. The van der Waals surface area contributed by atoms with Crippen LogP contribution in [-0.4, -0.2) is 0 Å². The van der Waals surface area contributed by atoms with E-state index >= 15 is 0 Å². The molecule has 112 valence electrons. The molecule has 0 aromatic heterocycles. The van der Waals surface area contributed by atoms with Crippen molar-refractivity contribution in [2.24, 2.45) is 0 Å². The summed E-state index contributed by atoms with van der Waals surface area (Å²) in [7, 11) is 0. The van der Waals surface area contributed by atoms with Crippen LogP contribution in [0.25, 0.3) is 0 Å². The summed E-state index contributed by atoms with van der Waals surface area (Å²) >= 11 is 12.3. The minimum atomic E-state index is 0.0942. The Labute approximate surface area is 137 Å². The smallest absolute Gasteiger partial charge is 0.0644 e. The molecule has 1 N–H and O–H groups in total. The second-order valence-electron chi connectivity index (χ2n) is 6.34. The maximum Gasteiger partial charge on any atom is 0.0644 e. The van der Waals surface area contributed by atoms with Crippen molar-refractivity contribution < 1.29 is 0 Å². The molecule has 0 spiro atoms. The molecule has 21 heavy (non-hydrogen) atoms. The molecule has 2 rings (SSSR count). The monoisotopic (exact) mass is 321 g/mol. The Morgan fingerprint density at radius 2 is 1.57 bits per heavy atom. The second kappa shape index (κ2) is 6.29. The number of hydrogen-bond acceptors (Lipinski definition) is 1. The molecule has 0 aliphatic carbocycles. The first kappa shape index (κ1) is 16.2. The third-order valence-corrected chi connectivity index (χ3v) is 4.42. The number of rotatable bonds is 3. The van der Waals surface area contributed by atoms with Gasteiger partial charge in [0.25, 0.3) is 0 Å². The average Bonchev–Trinajstić information content (AvgIpc) is 2.41. The van der Waals surface area contributed by atoms with Crippen molar-refractivity contribution in [1.29, 1.82) is 0 Å². The lowest BCUT2D eigenvalue weighted by atomic mass is 9.87. The zero-order valence-electron chi connectivity index (χ0n) is 12.9. The second-order valence-corrected chi connectivity index (χ2v) is 7.12. The molecule has 0 amide bonds. The molecule has 2 aromatic rings. The summed E-state index contributed by atoms with van der Waals surface area (Å²) < 4.78 is 0. The van der Waals surface area contributed by atoms with Crippen LogP contribution < -0.4 is 5.32 Å². The molecule has 1 nitrogen and oxygen atoms in total. The molecule has 0 aliphatic heterocycles. The van der Waals surface area contributed by atoms with Crippen LogP contribution in [0.4, 0.5) is 5.69 Å². The van der Waals surface area contributed by atoms with E-state index in [2.05, 4.69) is 57.3 Å². The summed E-state index contributed by atoms with van der Waals surface area (Å²) in [6.45, 7) is 8.71. The highest BCUT2D eigenvalue weighted by Crippen LogP contribution is 2.32. The SMILES string of the molecule is CC(Nc1ccc(C(C)(C)C)cc1)c1cccc(Cl)c1Cl. The van der Waals surface area contributed by atoms with Crippen molar-refractivity contribution in [3.63, 3.8) is 0 Å². The first-order valence-corrected chi connectivity index (χ1v) is 7.85. The lowest BCUT2D eigenvalue weighted by Crippen LogP contribution is -2.11. The van der Waals surface area contributed by atoms with Gasteiger partial charge in [-0.3, -0.25) is 0 Å². The Hall–Kier alpha value is -1.18. The number of nitrogens with one attached hydrogen (secondary N) is 1. The molecular formula is C18H21Cl2N.